The molecule has 62 valence electrons. The summed E-state index contributed by atoms with van der Waals surface area (Å²) in [7, 11) is 0. The van der Waals surface area contributed by atoms with Gasteiger partial charge in [0, 0.05) is 0 Å². The van der Waals surface area contributed by atoms with Crippen molar-refractivity contribution in [1.29, 1.82) is 5.26 Å². The maximum absolute atomic E-state index is 10.4. The summed E-state index contributed by atoms with van der Waals surface area (Å²) in [6, 6.07) is 8.79. The molecule has 2 aromatic rings. The lowest BCUT2D eigenvalue weighted by atomic mass is 10.4. The number of rotatable bonds is 1. The molecule has 0 spiro atoms. The monoisotopic (exact) mass is 171 g/mol. The summed E-state index contributed by atoms with van der Waals surface area (Å²) in [5.41, 5.74) is 1.56. The van der Waals surface area contributed by atoms with Crippen molar-refractivity contribution in [2.45, 2.75) is 0 Å². The molecule has 4 heteroatoms. The third-order valence-electron chi connectivity index (χ3n) is 1.76. The lowest BCUT2D eigenvalue weighted by Crippen LogP contribution is -1.97. The van der Waals surface area contributed by atoms with Crippen LogP contribution >= 0.6 is 0 Å². The Balaban J connectivity index is 2.80. The minimum Gasteiger partial charge on any atom is -0.296 e. The lowest BCUT2D eigenvalue weighted by Gasteiger charge is -1.94. The first kappa shape index (κ1) is 7.50. The first-order valence-electron chi connectivity index (χ1n) is 3.69. The molecule has 0 amide bonds. The Hall–Kier alpha value is -2.15. The zero-order valence-corrected chi connectivity index (χ0v) is 6.64. The molecule has 0 N–H and O–H groups in total. The maximum Gasteiger partial charge on any atom is 0.170 e. The van der Waals surface area contributed by atoms with Gasteiger partial charge in [-0.05, 0) is 24.3 Å². The zero-order chi connectivity index (χ0) is 9.26. The van der Waals surface area contributed by atoms with Crippen molar-refractivity contribution in [3.63, 3.8) is 0 Å². The van der Waals surface area contributed by atoms with Crippen molar-refractivity contribution in [3.8, 4) is 6.07 Å². The van der Waals surface area contributed by atoms with Crippen LogP contribution in [-0.2, 0) is 0 Å². The third-order valence-corrected chi connectivity index (χ3v) is 1.76. The SMILES string of the molecule is N#Cc1ccc2ccc(C=O)nn12. The number of aldehydes is 1. The van der Waals surface area contributed by atoms with E-state index in [1.165, 1.54) is 4.52 Å². The molecule has 2 aromatic heterocycles. The largest absolute Gasteiger partial charge is 0.296 e. The normalized spacial score (nSPS) is 9.77. The molecule has 0 aliphatic carbocycles. The Labute approximate surface area is 74.0 Å². The topological polar surface area (TPSA) is 58.2 Å². The summed E-state index contributed by atoms with van der Waals surface area (Å²) in [4.78, 5) is 10.4. The molecule has 0 saturated heterocycles. The molecular weight excluding hydrogens is 166 g/mol. The number of nitrogens with zero attached hydrogens (tertiary/aromatic N) is 3. The van der Waals surface area contributed by atoms with Gasteiger partial charge < -0.3 is 0 Å². The Bertz CT molecular complexity index is 507. The predicted molar refractivity (Wildman–Crippen MR) is 45.3 cm³/mol. The van der Waals surface area contributed by atoms with Gasteiger partial charge in [-0.25, -0.2) is 4.52 Å². The van der Waals surface area contributed by atoms with E-state index in [1.807, 2.05) is 6.07 Å². The van der Waals surface area contributed by atoms with E-state index in [-0.39, 0.29) is 0 Å². The van der Waals surface area contributed by atoms with Crippen molar-refractivity contribution in [2.75, 3.05) is 0 Å². The molecule has 0 atom stereocenters. The van der Waals surface area contributed by atoms with Crippen molar-refractivity contribution >= 4 is 11.8 Å². The molecule has 0 bridgehead atoms. The summed E-state index contributed by atoms with van der Waals surface area (Å²) in [6.07, 6.45) is 0.653. The van der Waals surface area contributed by atoms with Crippen LogP contribution in [0.1, 0.15) is 16.2 Å². The van der Waals surface area contributed by atoms with E-state index in [4.69, 9.17) is 5.26 Å². The number of carbonyl (C=O) groups excluding carboxylic acids is 1. The molecular formula is C9H5N3O. The standard InChI is InChI=1S/C9H5N3O/c10-5-9-4-3-8-2-1-7(6-13)11-12(8)9/h1-4,6H. The molecule has 0 saturated carbocycles. The maximum atomic E-state index is 10.4. The number of aromatic nitrogens is 2. The Morgan fingerprint density at radius 3 is 2.85 bits per heavy atom. The van der Waals surface area contributed by atoms with E-state index >= 15 is 0 Å². The average Bonchev–Trinajstić information content (AvgIpc) is 2.59. The Kier molecular flexibility index (Phi) is 1.57. The number of carbonyl (C=O) groups is 1. The fourth-order valence-corrected chi connectivity index (χ4v) is 1.15. The molecule has 0 fully saturated rings. The first-order valence-corrected chi connectivity index (χ1v) is 3.69. The van der Waals surface area contributed by atoms with Gasteiger partial charge in [0.2, 0.25) is 0 Å². The Morgan fingerprint density at radius 1 is 1.38 bits per heavy atom. The smallest absolute Gasteiger partial charge is 0.170 e. The second-order valence-corrected chi connectivity index (χ2v) is 2.54. The number of nitriles is 1. The van der Waals surface area contributed by atoms with Crippen LogP contribution in [0.25, 0.3) is 5.52 Å². The van der Waals surface area contributed by atoms with Crippen molar-refractivity contribution in [1.82, 2.24) is 9.61 Å². The van der Waals surface area contributed by atoms with Gasteiger partial charge in [0.05, 0.1) is 5.52 Å². The molecule has 2 rings (SSSR count). The highest BCUT2D eigenvalue weighted by Gasteiger charge is 2.01. The fraction of sp³-hybridized carbons (Fsp3) is 0. The van der Waals surface area contributed by atoms with Gasteiger partial charge in [0.25, 0.3) is 0 Å². The van der Waals surface area contributed by atoms with Crippen LogP contribution in [0.15, 0.2) is 24.3 Å². The highest BCUT2D eigenvalue weighted by Crippen LogP contribution is 2.07. The van der Waals surface area contributed by atoms with E-state index in [0.29, 0.717) is 17.7 Å². The molecule has 13 heavy (non-hydrogen) atoms. The van der Waals surface area contributed by atoms with Crippen molar-refractivity contribution in [2.24, 2.45) is 0 Å². The third kappa shape index (κ3) is 1.07. The number of fused-ring (bicyclic) bond motifs is 1. The summed E-state index contributed by atoms with van der Waals surface area (Å²) < 4.78 is 1.45. The van der Waals surface area contributed by atoms with E-state index < -0.39 is 0 Å². The Morgan fingerprint density at radius 2 is 2.15 bits per heavy atom. The van der Waals surface area contributed by atoms with E-state index in [1.54, 1.807) is 24.3 Å². The molecule has 0 aromatic carbocycles. The average molecular weight is 171 g/mol. The molecule has 0 radical (unpaired) electrons. The summed E-state index contributed by atoms with van der Waals surface area (Å²) in [5, 5.41) is 12.6. The van der Waals surface area contributed by atoms with Crippen LogP contribution in [0, 0.1) is 11.3 Å². The molecule has 0 unspecified atom stereocenters. The van der Waals surface area contributed by atoms with Crippen LogP contribution in [0.2, 0.25) is 0 Å². The minimum absolute atomic E-state index is 0.320. The van der Waals surface area contributed by atoms with E-state index in [9.17, 15) is 4.79 Å². The van der Waals surface area contributed by atoms with Gasteiger partial charge in [-0.2, -0.15) is 10.4 Å². The van der Waals surface area contributed by atoms with Crippen LogP contribution in [0.3, 0.4) is 0 Å². The van der Waals surface area contributed by atoms with Crippen LogP contribution in [0.5, 0.6) is 0 Å². The zero-order valence-electron chi connectivity index (χ0n) is 6.64. The van der Waals surface area contributed by atoms with E-state index in [2.05, 4.69) is 5.10 Å². The molecule has 0 aliphatic rings. The molecule has 2 heterocycles. The van der Waals surface area contributed by atoms with Crippen LogP contribution < -0.4 is 0 Å². The van der Waals surface area contributed by atoms with Crippen LogP contribution in [-0.4, -0.2) is 15.9 Å². The highest BCUT2D eigenvalue weighted by molar-refractivity contribution is 5.72. The second kappa shape index (κ2) is 2.72. The quantitative estimate of drug-likeness (QED) is 0.602. The fourth-order valence-electron chi connectivity index (χ4n) is 1.15. The van der Waals surface area contributed by atoms with Gasteiger partial charge >= 0.3 is 0 Å². The second-order valence-electron chi connectivity index (χ2n) is 2.54. The van der Waals surface area contributed by atoms with Crippen molar-refractivity contribution < 1.29 is 4.79 Å². The summed E-state index contributed by atoms with van der Waals surface area (Å²) >= 11 is 0. The van der Waals surface area contributed by atoms with Gasteiger partial charge in [-0.15, -0.1) is 0 Å². The molecule has 0 aliphatic heterocycles. The van der Waals surface area contributed by atoms with Gasteiger partial charge in [-0.3, -0.25) is 4.79 Å². The predicted octanol–water partition coefficient (Wildman–Crippen LogP) is 1.02. The number of hydrogen-bond donors (Lipinski definition) is 0. The molecule has 4 nitrogen and oxygen atoms in total. The minimum atomic E-state index is 0.320. The first-order chi connectivity index (χ1) is 6.35. The van der Waals surface area contributed by atoms with E-state index in [0.717, 1.165) is 5.52 Å². The lowest BCUT2D eigenvalue weighted by molar-refractivity contribution is 0.111. The van der Waals surface area contributed by atoms with Gasteiger partial charge in [0.15, 0.2) is 6.29 Å². The van der Waals surface area contributed by atoms with Crippen LogP contribution in [0.4, 0.5) is 0 Å². The number of hydrogen-bond acceptors (Lipinski definition) is 3. The summed E-state index contributed by atoms with van der Waals surface area (Å²) in [6.45, 7) is 0. The van der Waals surface area contributed by atoms with Crippen molar-refractivity contribution in [3.05, 3.63) is 35.7 Å². The van der Waals surface area contributed by atoms with Gasteiger partial charge in [-0.1, -0.05) is 0 Å². The van der Waals surface area contributed by atoms with Gasteiger partial charge in [0.1, 0.15) is 17.5 Å². The summed E-state index contributed by atoms with van der Waals surface area (Å²) in [5.74, 6) is 0. The highest BCUT2D eigenvalue weighted by atomic mass is 16.1.